The summed E-state index contributed by atoms with van der Waals surface area (Å²) in [5, 5.41) is 0. The highest BCUT2D eigenvalue weighted by atomic mass is 16.2. The molecule has 6 nitrogen and oxygen atoms in total. The van der Waals surface area contributed by atoms with E-state index < -0.39 is 23.7 Å². The summed E-state index contributed by atoms with van der Waals surface area (Å²) in [4.78, 5) is 56.7. The maximum absolute atomic E-state index is 13.6. The van der Waals surface area contributed by atoms with Gasteiger partial charge in [-0.1, -0.05) is 47.5 Å². The van der Waals surface area contributed by atoms with Crippen LogP contribution in [0.25, 0.3) is 0 Å². The van der Waals surface area contributed by atoms with Gasteiger partial charge in [0.05, 0.1) is 35.0 Å². The van der Waals surface area contributed by atoms with E-state index in [-0.39, 0.29) is 47.3 Å². The van der Waals surface area contributed by atoms with Crippen LogP contribution in [-0.2, 0) is 19.2 Å². The van der Waals surface area contributed by atoms with Gasteiger partial charge in [0.1, 0.15) is 0 Å². The number of imide groups is 2. The third kappa shape index (κ3) is 2.26. The first-order valence-electron chi connectivity index (χ1n) is 12.0. The zero-order valence-corrected chi connectivity index (χ0v) is 18.9. The lowest BCUT2D eigenvalue weighted by atomic mass is 9.40. The quantitative estimate of drug-likeness (QED) is 0.518. The molecule has 0 N–H and O–H groups in total. The van der Waals surface area contributed by atoms with Crippen molar-refractivity contribution in [3.8, 4) is 0 Å². The summed E-state index contributed by atoms with van der Waals surface area (Å²) in [6.07, 6.45) is 4.08. The molecule has 0 unspecified atom stereocenters. The number of amides is 4. The van der Waals surface area contributed by atoms with Crippen LogP contribution in [0.2, 0.25) is 0 Å². The summed E-state index contributed by atoms with van der Waals surface area (Å²) in [6.45, 7) is 3.93. The normalized spacial score (nSPS) is 37.1. The molecule has 4 aliphatic carbocycles. The van der Waals surface area contributed by atoms with E-state index in [4.69, 9.17) is 0 Å². The molecule has 2 aliphatic heterocycles. The Balaban J connectivity index is 1.25. The van der Waals surface area contributed by atoms with Crippen molar-refractivity contribution in [1.82, 2.24) is 0 Å². The van der Waals surface area contributed by atoms with Gasteiger partial charge in [-0.25, -0.2) is 0 Å². The van der Waals surface area contributed by atoms with E-state index in [0.29, 0.717) is 11.4 Å². The molecule has 8 rings (SSSR count). The maximum Gasteiger partial charge on any atom is 0.238 e. The van der Waals surface area contributed by atoms with E-state index in [2.05, 4.69) is 0 Å². The Hall–Kier alpha value is -3.54. The number of hydrogen-bond acceptors (Lipinski definition) is 4. The van der Waals surface area contributed by atoms with Crippen LogP contribution < -0.4 is 9.80 Å². The molecule has 2 saturated heterocycles. The molecule has 2 aromatic carbocycles. The first-order valence-corrected chi connectivity index (χ1v) is 12.0. The van der Waals surface area contributed by atoms with Gasteiger partial charge >= 0.3 is 0 Å². The number of aryl methyl sites for hydroxylation is 2. The maximum atomic E-state index is 13.6. The molecule has 0 aromatic heterocycles. The summed E-state index contributed by atoms with van der Waals surface area (Å²) in [7, 11) is 0. The molecule has 34 heavy (non-hydrogen) atoms. The monoisotopic (exact) mass is 452 g/mol. The lowest BCUT2D eigenvalue weighted by Crippen LogP contribution is -2.63. The van der Waals surface area contributed by atoms with Crippen molar-refractivity contribution in [1.29, 1.82) is 0 Å². The van der Waals surface area contributed by atoms with Crippen molar-refractivity contribution in [2.24, 2.45) is 47.3 Å². The van der Waals surface area contributed by atoms with Crippen LogP contribution >= 0.6 is 0 Å². The highest BCUT2D eigenvalue weighted by Crippen LogP contribution is 2.68. The Morgan fingerprint density at radius 3 is 1.18 bits per heavy atom. The predicted octanol–water partition coefficient (Wildman–Crippen LogP) is 3.28. The number of hydrogen-bond donors (Lipinski definition) is 0. The van der Waals surface area contributed by atoms with Crippen LogP contribution in [0.1, 0.15) is 11.1 Å². The highest BCUT2D eigenvalue weighted by Gasteiger charge is 2.75. The van der Waals surface area contributed by atoms with E-state index in [1.54, 1.807) is 0 Å². The zero-order valence-electron chi connectivity index (χ0n) is 18.9. The number of allylic oxidation sites excluding steroid dienone is 2. The molecule has 0 radical (unpaired) electrons. The van der Waals surface area contributed by atoms with Crippen LogP contribution in [-0.4, -0.2) is 23.6 Å². The molecule has 2 bridgehead atoms. The van der Waals surface area contributed by atoms with Crippen LogP contribution in [0.15, 0.2) is 60.7 Å². The number of rotatable bonds is 2. The fourth-order valence-electron chi connectivity index (χ4n) is 7.50. The Morgan fingerprint density at radius 2 is 0.824 bits per heavy atom. The van der Waals surface area contributed by atoms with E-state index in [9.17, 15) is 19.2 Å². The first kappa shape index (κ1) is 19.9. The second-order valence-electron chi connectivity index (χ2n) is 10.5. The average molecular weight is 453 g/mol. The summed E-state index contributed by atoms with van der Waals surface area (Å²) in [5.74, 6) is -2.92. The SMILES string of the molecule is Cc1ccc(N2C(=O)[C@@H]3[C@H]4C=C[C@@H]([C@@H]3C2=O)[C@@H]2[C@@H]3C(=O)N(c5ccc(C)cc5)C(=O)[C@@H]3[C@@H]42)cc1. The van der Waals surface area contributed by atoms with Gasteiger partial charge in [0.2, 0.25) is 23.6 Å². The zero-order chi connectivity index (χ0) is 23.5. The molecule has 170 valence electrons. The van der Waals surface area contributed by atoms with Crippen molar-refractivity contribution in [2.75, 3.05) is 9.80 Å². The summed E-state index contributed by atoms with van der Waals surface area (Å²) >= 11 is 0. The molecule has 4 fully saturated rings. The van der Waals surface area contributed by atoms with E-state index in [0.717, 1.165) is 11.1 Å². The number of benzene rings is 2. The van der Waals surface area contributed by atoms with Crippen molar-refractivity contribution >= 4 is 35.0 Å². The van der Waals surface area contributed by atoms with Crippen molar-refractivity contribution in [3.63, 3.8) is 0 Å². The lowest BCUT2D eigenvalue weighted by Gasteiger charge is -2.60. The van der Waals surface area contributed by atoms with Crippen LogP contribution in [0.5, 0.6) is 0 Å². The molecule has 2 saturated carbocycles. The van der Waals surface area contributed by atoms with Gasteiger partial charge in [-0.15, -0.1) is 0 Å². The molecule has 4 amide bonds. The molecule has 2 aromatic rings. The molecular weight excluding hydrogens is 428 g/mol. The highest BCUT2D eigenvalue weighted by molar-refractivity contribution is 6.25. The van der Waals surface area contributed by atoms with Gasteiger partial charge in [-0.3, -0.25) is 29.0 Å². The van der Waals surface area contributed by atoms with Crippen LogP contribution in [0.3, 0.4) is 0 Å². The average Bonchev–Trinajstić information content (AvgIpc) is 3.19. The number of carbonyl (C=O) groups is 4. The van der Waals surface area contributed by atoms with Gasteiger partial charge in [0, 0.05) is 0 Å². The van der Waals surface area contributed by atoms with Crippen LogP contribution in [0.4, 0.5) is 11.4 Å². The van der Waals surface area contributed by atoms with E-state index >= 15 is 0 Å². The predicted molar refractivity (Wildman–Crippen MR) is 124 cm³/mol. The van der Waals surface area contributed by atoms with E-state index in [1.807, 2.05) is 74.5 Å². The standard InChI is InChI=1S/C28H24N2O4/c1-13-3-7-15(8-4-13)29-25(31)21-17-11-12-18(22(21)26(29)32)20-19(17)23-24(20)28(34)30(27(23)33)16-9-5-14(2)6-10-16/h3-12,17-24H,1-2H3/t17-,18+,19-,20-,21+,22-,23+,24-/m0/s1. The molecular formula is C28H24N2O4. The second kappa shape index (κ2) is 6.53. The van der Waals surface area contributed by atoms with Gasteiger partial charge < -0.3 is 0 Å². The Kier molecular flexibility index (Phi) is 3.82. The molecule has 8 atom stereocenters. The minimum Gasteiger partial charge on any atom is -0.274 e. The fourth-order valence-corrected chi connectivity index (χ4v) is 7.50. The smallest absolute Gasteiger partial charge is 0.238 e. The van der Waals surface area contributed by atoms with Gasteiger partial charge in [0.25, 0.3) is 0 Å². The summed E-state index contributed by atoms with van der Waals surface area (Å²) < 4.78 is 0. The Bertz CT molecular complexity index is 1250. The van der Waals surface area contributed by atoms with Crippen LogP contribution in [0, 0.1) is 61.2 Å². The molecule has 6 heteroatoms. The fraction of sp³-hybridized carbons (Fsp3) is 0.357. The lowest BCUT2D eigenvalue weighted by molar-refractivity contribution is -0.166. The van der Waals surface area contributed by atoms with Crippen molar-refractivity contribution in [2.45, 2.75) is 13.8 Å². The minimum absolute atomic E-state index is 0.0668. The minimum atomic E-state index is -0.456. The summed E-state index contributed by atoms with van der Waals surface area (Å²) in [5.41, 5.74) is 3.32. The number of carbonyl (C=O) groups excluding carboxylic acids is 4. The van der Waals surface area contributed by atoms with Gasteiger partial charge in [0.15, 0.2) is 0 Å². The van der Waals surface area contributed by atoms with Gasteiger partial charge in [-0.05, 0) is 61.8 Å². The second-order valence-corrected chi connectivity index (χ2v) is 10.5. The Labute approximate surface area is 197 Å². The summed E-state index contributed by atoms with van der Waals surface area (Å²) in [6, 6.07) is 14.8. The molecule has 2 heterocycles. The first-order chi connectivity index (χ1) is 16.4. The largest absolute Gasteiger partial charge is 0.274 e. The van der Waals surface area contributed by atoms with E-state index in [1.165, 1.54) is 9.80 Å². The van der Waals surface area contributed by atoms with Gasteiger partial charge in [-0.2, -0.15) is 0 Å². The number of fused-ring (bicyclic) bond motifs is 1. The topological polar surface area (TPSA) is 74.8 Å². The molecule has 6 aliphatic rings. The van der Waals surface area contributed by atoms with Crippen molar-refractivity contribution in [3.05, 3.63) is 71.8 Å². The third-order valence-corrected chi connectivity index (χ3v) is 8.93. The Morgan fingerprint density at radius 1 is 0.500 bits per heavy atom. The molecule has 0 spiro atoms. The third-order valence-electron chi connectivity index (χ3n) is 8.93. The number of nitrogens with zero attached hydrogens (tertiary/aromatic N) is 2. The van der Waals surface area contributed by atoms with Crippen molar-refractivity contribution < 1.29 is 19.2 Å². The number of anilines is 2.